The zero-order valence-electron chi connectivity index (χ0n) is 9.76. The van der Waals surface area contributed by atoms with Gasteiger partial charge in [-0.15, -0.1) is 11.3 Å². The number of aliphatic hydroxyl groups is 1. The van der Waals surface area contributed by atoms with Crippen LogP contribution in [-0.4, -0.2) is 34.3 Å². The van der Waals surface area contributed by atoms with E-state index in [0.29, 0.717) is 0 Å². The summed E-state index contributed by atoms with van der Waals surface area (Å²) in [7, 11) is 0. The Bertz CT molecular complexity index is 540. The summed E-state index contributed by atoms with van der Waals surface area (Å²) < 4.78 is 1.14. The van der Waals surface area contributed by atoms with Crippen LogP contribution in [0.5, 0.6) is 0 Å². The van der Waals surface area contributed by atoms with Crippen LogP contribution in [0.1, 0.15) is 18.4 Å². The Labute approximate surface area is 104 Å². The van der Waals surface area contributed by atoms with Crippen molar-refractivity contribution in [2.75, 3.05) is 18.1 Å². The number of anilines is 1. The van der Waals surface area contributed by atoms with Gasteiger partial charge in [0.05, 0.1) is 22.9 Å². The minimum atomic E-state index is 0.204. The van der Waals surface area contributed by atoms with E-state index in [1.807, 2.05) is 0 Å². The van der Waals surface area contributed by atoms with Crippen molar-refractivity contribution in [2.24, 2.45) is 0 Å². The van der Waals surface area contributed by atoms with Gasteiger partial charge in [0.1, 0.15) is 12.1 Å². The molecule has 1 saturated heterocycles. The smallest absolute Gasteiger partial charge is 0.150 e. The predicted molar refractivity (Wildman–Crippen MR) is 69.6 cm³/mol. The zero-order valence-corrected chi connectivity index (χ0v) is 10.6. The van der Waals surface area contributed by atoms with Crippen molar-refractivity contribution in [3.63, 3.8) is 0 Å². The molecule has 0 saturated carbocycles. The van der Waals surface area contributed by atoms with Gasteiger partial charge >= 0.3 is 0 Å². The second kappa shape index (κ2) is 4.23. The summed E-state index contributed by atoms with van der Waals surface area (Å²) in [6.07, 6.45) is 3.80. The van der Waals surface area contributed by atoms with Gasteiger partial charge in [-0.2, -0.15) is 0 Å². The molecule has 5 heteroatoms. The van der Waals surface area contributed by atoms with Gasteiger partial charge in [-0.25, -0.2) is 9.97 Å². The Kier molecular flexibility index (Phi) is 2.72. The molecule has 0 amide bonds. The maximum Gasteiger partial charge on any atom is 0.150 e. The molecular formula is C12H15N3OS. The first kappa shape index (κ1) is 10.9. The van der Waals surface area contributed by atoms with Crippen molar-refractivity contribution in [3.8, 4) is 0 Å². The molecule has 1 aliphatic rings. The minimum absolute atomic E-state index is 0.204. The van der Waals surface area contributed by atoms with Gasteiger partial charge in [-0.3, -0.25) is 0 Å². The lowest BCUT2D eigenvalue weighted by molar-refractivity contribution is 0.266. The van der Waals surface area contributed by atoms with Gasteiger partial charge in [-0.05, 0) is 30.7 Å². The third-order valence-electron chi connectivity index (χ3n) is 3.37. The molecule has 1 unspecified atom stereocenters. The number of thiophene rings is 1. The topological polar surface area (TPSA) is 49.2 Å². The molecule has 2 aromatic rings. The van der Waals surface area contributed by atoms with Crippen LogP contribution < -0.4 is 4.90 Å². The predicted octanol–water partition coefficient (Wildman–Crippen LogP) is 1.96. The van der Waals surface area contributed by atoms with Crippen molar-refractivity contribution in [2.45, 2.75) is 25.8 Å². The third kappa shape index (κ3) is 1.70. The highest BCUT2D eigenvalue weighted by Gasteiger charge is 2.26. The standard InChI is InChI=1S/C12H15N3OS/c1-8-6-17-11-10(8)13-7-14-12(11)15-4-2-3-9(15)5-16/h6-7,9,16H,2-5H2,1H3. The number of aryl methyl sites for hydroxylation is 1. The number of hydrogen-bond donors (Lipinski definition) is 1. The number of rotatable bonds is 2. The third-order valence-corrected chi connectivity index (χ3v) is 4.46. The Morgan fingerprint density at radius 1 is 1.53 bits per heavy atom. The minimum Gasteiger partial charge on any atom is -0.394 e. The van der Waals surface area contributed by atoms with Crippen molar-refractivity contribution in [3.05, 3.63) is 17.3 Å². The fourth-order valence-corrected chi connectivity index (χ4v) is 3.47. The average molecular weight is 249 g/mol. The Hall–Kier alpha value is -1.20. The lowest BCUT2D eigenvalue weighted by Crippen LogP contribution is -2.32. The number of aliphatic hydroxyl groups excluding tert-OH is 1. The van der Waals surface area contributed by atoms with Gasteiger partial charge in [-0.1, -0.05) is 0 Å². The van der Waals surface area contributed by atoms with Gasteiger partial charge in [0, 0.05) is 6.54 Å². The summed E-state index contributed by atoms with van der Waals surface area (Å²) >= 11 is 1.69. The van der Waals surface area contributed by atoms with E-state index < -0.39 is 0 Å². The van der Waals surface area contributed by atoms with Crippen LogP contribution in [0.4, 0.5) is 5.82 Å². The molecular weight excluding hydrogens is 234 g/mol. The summed E-state index contributed by atoms with van der Waals surface area (Å²) in [6.45, 7) is 3.26. The summed E-state index contributed by atoms with van der Waals surface area (Å²) in [6, 6.07) is 0.218. The van der Waals surface area contributed by atoms with Crippen LogP contribution in [0.2, 0.25) is 0 Å². The molecule has 0 spiro atoms. The second-order valence-corrected chi connectivity index (χ2v) is 5.35. The normalized spacial score (nSPS) is 20.4. The first-order valence-corrected chi connectivity index (χ1v) is 6.75. The molecule has 0 radical (unpaired) electrons. The summed E-state index contributed by atoms with van der Waals surface area (Å²) in [5.74, 6) is 0.990. The number of aromatic nitrogens is 2. The van der Waals surface area contributed by atoms with E-state index in [9.17, 15) is 5.11 Å². The van der Waals surface area contributed by atoms with Crippen LogP contribution in [0.25, 0.3) is 10.2 Å². The highest BCUT2D eigenvalue weighted by molar-refractivity contribution is 7.18. The van der Waals surface area contributed by atoms with Crippen LogP contribution in [-0.2, 0) is 0 Å². The van der Waals surface area contributed by atoms with E-state index in [4.69, 9.17) is 0 Å². The van der Waals surface area contributed by atoms with Crippen LogP contribution in [0.15, 0.2) is 11.7 Å². The highest BCUT2D eigenvalue weighted by Crippen LogP contribution is 2.34. The number of nitrogens with zero attached hydrogens (tertiary/aromatic N) is 3. The van der Waals surface area contributed by atoms with Crippen molar-refractivity contribution >= 4 is 27.4 Å². The van der Waals surface area contributed by atoms with Crippen molar-refractivity contribution in [1.82, 2.24) is 9.97 Å². The Morgan fingerprint density at radius 3 is 3.24 bits per heavy atom. The summed E-state index contributed by atoms with van der Waals surface area (Å²) in [5.41, 5.74) is 2.25. The van der Waals surface area contributed by atoms with E-state index >= 15 is 0 Å². The summed E-state index contributed by atoms with van der Waals surface area (Å²) in [5, 5.41) is 11.5. The molecule has 1 fully saturated rings. The average Bonchev–Trinajstić information content (AvgIpc) is 2.96. The van der Waals surface area contributed by atoms with E-state index in [-0.39, 0.29) is 12.6 Å². The van der Waals surface area contributed by atoms with Gasteiger partial charge in [0.15, 0.2) is 0 Å². The molecule has 1 aliphatic heterocycles. The van der Waals surface area contributed by atoms with Crippen molar-refractivity contribution in [1.29, 1.82) is 0 Å². The van der Waals surface area contributed by atoms with E-state index in [0.717, 1.165) is 35.4 Å². The van der Waals surface area contributed by atoms with Crippen LogP contribution in [0.3, 0.4) is 0 Å². The van der Waals surface area contributed by atoms with Crippen molar-refractivity contribution < 1.29 is 5.11 Å². The Balaban J connectivity index is 2.10. The van der Waals surface area contributed by atoms with Gasteiger partial charge < -0.3 is 10.0 Å². The van der Waals surface area contributed by atoms with E-state index in [2.05, 4.69) is 27.2 Å². The molecule has 90 valence electrons. The van der Waals surface area contributed by atoms with Gasteiger partial charge in [0.2, 0.25) is 0 Å². The van der Waals surface area contributed by atoms with Crippen LogP contribution in [0, 0.1) is 6.92 Å². The highest BCUT2D eigenvalue weighted by atomic mass is 32.1. The lowest BCUT2D eigenvalue weighted by atomic mass is 10.2. The fraction of sp³-hybridized carbons (Fsp3) is 0.500. The Morgan fingerprint density at radius 2 is 2.41 bits per heavy atom. The quantitative estimate of drug-likeness (QED) is 0.884. The first-order chi connectivity index (χ1) is 8.31. The fourth-order valence-electron chi connectivity index (χ4n) is 2.47. The maximum absolute atomic E-state index is 9.39. The molecule has 0 bridgehead atoms. The van der Waals surface area contributed by atoms with E-state index in [1.54, 1.807) is 17.7 Å². The number of fused-ring (bicyclic) bond motifs is 1. The molecule has 1 atom stereocenters. The molecule has 3 rings (SSSR count). The molecule has 3 heterocycles. The second-order valence-electron chi connectivity index (χ2n) is 4.47. The lowest BCUT2D eigenvalue weighted by Gasteiger charge is -2.24. The SMILES string of the molecule is Cc1csc2c(N3CCCC3CO)ncnc12. The number of hydrogen-bond acceptors (Lipinski definition) is 5. The molecule has 4 nitrogen and oxygen atoms in total. The zero-order chi connectivity index (χ0) is 11.8. The van der Waals surface area contributed by atoms with Gasteiger partial charge in [0.25, 0.3) is 0 Å². The molecule has 17 heavy (non-hydrogen) atoms. The monoisotopic (exact) mass is 249 g/mol. The largest absolute Gasteiger partial charge is 0.394 e. The molecule has 1 N–H and O–H groups in total. The van der Waals surface area contributed by atoms with E-state index in [1.165, 1.54) is 5.56 Å². The molecule has 2 aromatic heterocycles. The molecule has 0 aromatic carbocycles. The van der Waals surface area contributed by atoms with Crippen LogP contribution >= 0.6 is 11.3 Å². The summed E-state index contributed by atoms with van der Waals surface area (Å²) in [4.78, 5) is 11.0. The first-order valence-electron chi connectivity index (χ1n) is 5.87. The molecule has 0 aliphatic carbocycles. The maximum atomic E-state index is 9.39.